The third kappa shape index (κ3) is 2.96. The van der Waals surface area contributed by atoms with E-state index in [1.54, 1.807) is 10.4 Å². The molecule has 1 unspecified atom stereocenters. The molecule has 1 N–H and O–H groups in total. The SMILES string of the molecule is CCNC(c1cc2c(s1)CCC2)c1cc(C)c(Br)cc1C. The number of fused-ring (bicyclic) bond motifs is 1. The van der Waals surface area contributed by atoms with Crippen LogP contribution >= 0.6 is 27.3 Å². The Morgan fingerprint density at radius 1 is 1.19 bits per heavy atom. The van der Waals surface area contributed by atoms with Gasteiger partial charge in [0.2, 0.25) is 0 Å². The van der Waals surface area contributed by atoms with Crippen molar-refractivity contribution in [3.05, 3.63) is 54.7 Å². The number of aryl methyl sites for hydroxylation is 4. The highest BCUT2D eigenvalue weighted by atomic mass is 79.9. The van der Waals surface area contributed by atoms with Crippen molar-refractivity contribution in [2.45, 2.75) is 46.1 Å². The molecule has 1 atom stereocenters. The van der Waals surface area contributed by atoms with Crippen LogP contribution in [0.4, 0.5) is 0 Å². The molecule has 0 saturated carbocycles. The largest absolute Gasteiger partial charge is 0.306 e. The molecule has 0 saturated heterocycles. The van der Waals surface area contributed by atoms with E-state index in [4.69, 9.17) is 0 Å². The van der Waals surface area contributed by atoms with E-state index in [0.717, 1.165) is 6.54 Å². The van der Waals surface area contributed by atoms with Gasteiger partial charge < -0.3 is 5.32 Å². The molecule has 0 radical (unpaired) electrons. The van der Waals surface area contributed by atoms with Crippen LogP contribution in [0, 0.1) is 13.8 Å². The molecule has 1 heterocycles. The number of nitrogens with one attached hydrogen (secondary N) is 1. The minimum Gasteiger partial charge on any atom is -0.306 e. The topological polar surface area (TPSA) is 12.0 Å². The van der Waals surface area contributed by atoms with Crippen LogP contribution in [0.5, 0.6) is 0 Å². The fourth-order valence-corrected chi connectivity index (χ4v) is 4.99. The molecule has 0 fully saturated rings. The lowest BCUT2D eigenvalue weighted by Gasteiger charge is -2.20. The zero-order chi connectivity index (χ0) is 15.0. The summed E-state index contributed by atoms with van der Waals surface area (Å²) in [6.45, 7) is 7.56. The molecule has 3 rings (SSSR count). The molecule has 112 valence electrons. The highest BCUT2D eigenvalue weighted by Crippen LogP contribution is 2.37. The molecule has 1 nitrogen and oxygen atoms in total. The maximum atomic E-state index is 3.69. The molecule has 1 aliphatic rings. The first-order valence-electron chi connectivity index (χ1n) is 7.71. The van der Waals surface area contributed by atoms with Crippen molar-refractivity contribution in [1.29, 1.82) is 0 Å². The number of halogens is 1. The molecule has 21 heavy (non-hydrogen) atoms. The molecular weight excluding hydrogens is 342 g/mol. The Labute approximate surface area is 139 Å². The Morgan fingerprint density at radius 3 is 2.71 bits per heavy atom. The van der Waals surface area contributed by atoms with Gasteiger partial charge in [0.1, 0.15) is 0 Å². The predicted molar refractivity (Wildman–Crippen MR) is 95.5 cm³/mol. The molecule has 0 aliphatic heterocycles. The number of thiophene rings is 1. The number of hydrogen-bond donors (Lipinski definition) is 1. The first-order chi connectivity index (χ1) is 10.1. The van der Waals surface area contributed by atoms with Crippen LogP contribution in [0.25, 0.3) is 0 Å². The Morgan fingerprint density at radius 2 is 2.00 bits per heavy atom. The van der Waals surface area contributed by atoms with Crippen LogP contribution < -0.4 is 5.32 Å². The maximum absolute atomic E-state index is 3.69. The van der Waals surface area contributed by atoms with Gasteiger partial charge in [-0.15, -0.1) is 11.3 Å². The van der Waals surface area contributed by atoms with E-state index < -0.39 is 0 Å². The third-order valence-corrected chi connectivity index (χ3v) is 6.47. The summed E-state index contributed by atoms with van der Waals surface area (Å²) < 4.78 is 1.20. The van der Waals surface area contributed by atoms with E-state index in [-0.39, 0.29) is 0 Å². The highest BCUT2D eigenvalue weighted by molar-refractivity contribution is 9.10. The summed E-state index contributed by atoms with van der Waals surface area (Å²) in [6, 6.07) is 7.35. The van der Waals surface area contributed by atoms with Crippen molar-refractivity contribution >= 4 is 27.3 Å². The van der Waals surface area contributed by atoms with Gasteiger partial charge in [0, 0.05) is 14.2 Å². The Kier molecular flexibility index (Phi) is 4.53. The van der Waals surface area contributed by atoms with E-state index in [9.17, 15) is 0 Å². The van der Waals surface area contributed by atoms with E-state index in [2.05, 4.69) is 60.2 Å². The molecule has 2 aromatic rings. The number of benzene rings is 1. The lowest BCUT2D eigenvalue weighted by atomic mass is 9.97. The average Bonchev–Trinajstić information content (AvgIpc) is 3.01. The zero-order valence-electron chi connectivity index (χ0n) is 12.9. The Bertz CT molecular complexity index is 638. The number of hydrogen-bond acceptors (Lipinski definition) is 2. The second kappa shape index (κ2) is 6.23. The van der Waals surface area contributed by atoms with Gasteiger partial charge >= 0.3 is 0 Å². The molecule has 0 spiro atoms. The molecule has 0 amide bonds. The van der Waals surface area contributed by atoms with Crippen molar-refractivity contribution in [3.8, 4) is 0 Å². The van der Waals surface area contributed by atoms with E-state index in [1.165, 1.54) is 45.3 Å². The number of rotatable bonds is 4. The van der Waals surface area contributed by atoms with Gasteiger partial charge in [0.05, 0.1) is 6.04 Å². The smallest absolute Gasteiger partial charge is 0.0673 e. The van der Waals surface area contributed by atoms with Gasteiger partial charge in [0.15, 0.2) is 0 Å². The zero-order valence-corrected chi connectivity index (χ0v) is 15.3. The monoisotopic (exact) mass is 363 g/mol. The van der Waals surface area contributed by atoms with Crippen LogP contribution in [-0.2, 0) is 12.8 Å². The quantitative estimate of drug-likeness (QED) is 0.775. The van der Waals surface area contributed by atoms with Gasteiger partial charge in [-0.1, -0.05) is 28.9 Å². The standard InChI is InChI=1S/C18H22BrNS/c1-4-20-18(14-8-12(3)15(19)9-11(14)2)17-10-13-6-5-7-16(13)21-17/h8-10,18,20H,4-7H2,1-3H3. The summed E-state index contributed by atoms with van der Waals surface area (Å²) in [5.41, 5.74) is 5.66. The van der Waals surface area contributed by atoms with Gasteiger partial charge in [0.25, 0.3) is 0 Å². The average molecular weight is 364 g/mol. The van der Waals surface area contributed by atoms with E-state index in [1.807, 2.05) is 11.3 Å². The van der Waals surface area contributed by atoms with Crippen LogP contribution in [0.1, 0.15) is 51.4 Å². The summed E-state index contributed by atoms with van der Waals surface area (Å²) >= 11 is 5.65. The summed E-state index contributed by atoms with van der Waals surface area (Å²) in [4.78, 5) is 3.09. The molecule has 1 aromatic carbocycles. The van der Waals surface area contributed by atoms with E-state index >= 15 is 0 Å². The Hall–Kier alpha value is -0.640. The molecular formula is C18H22BrNS. The van der Waals surface area contributed by atoms with Crippen LogP contribution in [0.3, 0.4) is 0 Å². The fraction of sp³-hybridized carbons (Fsp3) is 0.444. The second-order valence-corrected chi connectivity index (χ2v) is 7.92. The highest BCUT2D eigenvalue weighted by Gasteiger charge is 2.22. The summed E-state index contributed by atoms with van der Waals surface area (Å²) in [6.07, 6.45) is 3.88. The lowest BCUT2D eigenvalue weighted by Crippen LogP contribution is -2.22. The summed E-state index contributed by atoms with van der Waals surface area (Å²) in [5, 5.41) is 3.69. The van der Waals surface area contributed by atoms with Crippen molar-refractivity contribution in [3.63, 3.8) is 0 Å². The van der Waals surface area contributed by atoms with Crippen molar-refractivity contribution in [1.82, 2.24) is 5.32 Å². The first-order valence-corrected chi connectivity index (χ1v) is 9.32. The van der Waals surface area contributed by atoms with Crippen LogP contribution in [0.15, 0.2) is 22.7 Å². The van der Waals surface area contributed by atoms with Gasteiger partial charge in [-0.25, -0.2) is 0 Å². The normalized spacial score (nSPS) is 15.2. The summed E-state index contributed by atoms with van der Waals surface area (Å²) in [5.74, 6) is 0. The van der Waals surface area contributed by atoms with Gasteiger partial charge in [-0.3, -0.25) is 0 Å². The van der Waals surface area contributed by atoms with Crippen molar-refractivity contribution < 1.29 is 0 Å². The molecule has 0 bridgehead atoms. The van der Waals surface area contributed by atoms with Crippen molar-refractivity contribution in [2.75, 3.05) is 6.54 Å². The minimum atomic E-state index is 0.331. The van der Waals surface area contributed by atoms with Gasteiger partial charge in [-0.2, -0.15) is 0 Å². The molecule has 1 aromatic heterocycles. The molecule has 1 aliphatic carbocycles. The van der Waals surface area contributed by atoms with Crippen LogP contribution in [0.2, 0.25) is 0 Å². The predicted octanol–water partition coefficient (Wildman–Crippen LogP) is 5.32. The minimum absolute atomic E-state index is 0.331. The third-order valence-electron chi connectivity index (χ3n) is 4.32. The summed E-state index contributed by atoms with van der Waals surface area (Å²) in [7, 11) is 0. The lowest BCUT2D eigenvalue weighted by molar-refractivity contribution is 0.635. The van der Waals surface area contributed by atoms with E-state index in [0.29, 0.717) is 6.04 Å². The van der Waals surface area contributed by atoms with Gasteiger partial charge in [-0.05, 0) is 74.0 Å². The Balaban J connectivity index is 2.03. The maximum Gasteiger partial charge on any atom is 0.0673 e. The first kappa shape index (κ1) is 15.3. The van der Waals surface area contributed by atoms with Crippen LogP contribution in [-0.4, -0.2) is 6.54 Å². The second-order valence-electron chi connectivity index (χ2n) is 5.90. The molecule has 3 heteroatoms. The fourth-order valence-electron chi connectivity index (χ4n) is 3.18. The van der Waals surface area contributed by atoms with Crippen molar-refractivity contribution in [2.24, 2.45) is 0 Å².